The van der Waals surface area contributed by atoms with E-state index in [0.717, 1.165) is 16.2 Å². The van der Waals surface area contributed by atoms with Gasteiger partial charge in [-0.15, -0.1) is 0 Å². The highest BCUT2D eigenvalue weighted by atomic mass is 79.9. The summed E-state index contributed by atoms with van der Waals surface area (Å²) >= 11 is 3.57. The number of hydrogen-bond donors (Lipinski definition) is 0. The molecule has 0 saturated heterocycles. The van der Waals surface area contributed by atoms with Gasteiger partial charge in [0.1, 0.15) is 5.82 Å². The van der Waals surface area contributed by atoms with Crippen molar-refractivity contribution in [1.29, 1.82) is 0 Å². The third-order valence-electron chi connectivity index (χ3n) is 3.61. The molecule has 1 saturated carbocycles. The van der Waals surface area contributed by atoms with E-state index in [1.165, 1.54) is 25.7 Å². The Bertz CT molecular complexity index is 346. The second kappa shape index (κ2) is 5.17. The molecular weight excluding hydrogens is 264 g/mol. The fourth-order valence-electron chi connectivity index (χ4n) is 2.44. The Morgan fingerprint density at radius 1 is 1.31 bits per heavy atom. The Labute approximate surface area is 106 Å². The predicted molar refractivity (Wildman–Crippen MR) is 71.8 cm³/mol. The molecule has 2 rings (SSSR count). The van der Waals surface area contributed by atoms with Crippen LogP contribution in [0, 0.1) is 5.92 Å². The van der Waals surface area contributed by atoms with Crippen LogP contribution in [0.2, 0.25) is 0 Å². The molecule has 1 aliphatic carbocycles. The van der Waals surface area contributed by atoms with Crippen LogP contribution in [-0.4, -0.2) is 18.1 Å². The van der Waals surface area contributed by atoms with Crippen molar-refractivity contribution in [1.82, 2.24) is 4.98 Å². The van der Waals surface area contributed by atoms with Gasteiger partial charge in [-0.3, -0.25) is 0 Å². The molecule has 88 valence electrons. The Balaban J connectivity index is 2.07. The summed E-state index contributed by atoms with van der Waals surface area (Å²) in [5.41, 5.74) is 0. The van der Waals surface area contributed by atoms with Crippen molar-refractivity contribution in [2.24, 2.45) is 5.92 Å². The van der Waals surface area contributed by atoms with Gasteiger partial charge in [-0.2, -0.15) is 0 Å². The van der Waals surface area contributed by atoms with Crippen LogP contribution in [0.15, 0.2) is 22.8 Å². The van der Waals surface area contributed by atoms with Crippen molar-refractivity contribution in [2.45, 2.75) is 38.6 Å². The molecule has 3 heteroatoms. The maximum absolute atomic E-state index is 4.45. The molecule has 0 aromatic carbocycles. The van der Waals surface area contributed by atoms with Crippen molar-refractivity contribution < 1.29 is 0 Å². The summed E-state index contributed by atoms with van der Waals surface area (Å²) < 4.78 is 1.09. The van der Waals surface area contributed by atoms with Crippen molar-refractivity contribution in [3.63, 3.8) is 0 Å². The first kappa shape index (κ1) is 11.9. The van der Waals surface area contributed by atoms with Gasteiger partial charge in [0.25, 0.3) is 0 Å². The van der Waals surface area contributed by atoms with Crippen LogP contribution in [0.4, 0.5) is 5.82 Å². The van der Waals surface area contributed by atoms with Crippen LogP contribution >= 0.6 is 15.9 Å². The zero-order valence-corrected chi connectivity index (χ0v) is 11.6. The minimum absolute atomic E-state index is 0.655. The Morgan fingerprint density at radius 3 is 2.62 bits per heavy atom. The molecule has 0 amide bonds. The van der Waals surface area contributed by atoms with Gasteiger partial charge in [0, 0.05) is 19.3 Å². The maximum Gasteiger partial charge on any atom is 0.142 e. The fourth-order valence-corrected chi connectivity index (χ4v) is 2.97. The smallest absolute Gasteiger partial charge is 0.142 e. The molecule has 0 atom stereocenters. The summed E-state index contributed by atoms with van der Waals surface area (Å²) in [6.45, 7) is 2.35. The average molecular weight is 283 g/mol. The van der Waals surface area contributed by atoms with Crippen molar-refractivity contribution in [3.8, 4) is 0 Å². The molecule has 2 nitrogen and oxygen atoms in total. The molecule has 1 aromatic heterocycles. The lowest BCUT2D eigenvalue weighted by Gasteiger charge is -2.34. The summed E-state index contributed by atoms with van der Waals surface area (Å²) in [5, 5.41) is 0. The second-order valence-electron chi connectivity index (χ2n) is 4.83. The zero-order valence-electron chi connectivity index (χ0n) is 9.99. The van der Waals surface area contributed by atoms with E-state index >= 15 is 0 Å². The third-order valence-corrected chi connectivity index (χ3v) is 4.23. The quantitative estimate of drug-likeness (QED) is 0.819. The molecular formula is C13H19BrN2. The van der Waals surface area contributed by atoms with Gasteiger partial charge >= 0.3 is 0 Å². The number of anilines is 1. The lowest BCUT2D eigenvalue weighted by atomic mass is 9.87. The number of aromatic nitrogens is 1. The molecule has 1 aromatic rings. The molecule has 0 unspecified atom stereocenters. The highest BCUT2D eigenvalue weighted by Gasteiger charge is 2.23. The number of pyridine rings is 1. The Morgan fingerprint density at radius 2 is 2.00 bits per heavy atom. The molecule has 1 aliphatic rings. The molecule has 0 spiro atoms. The highest BCUT2D eigenvalue weighted by Crippen LogP contribution is 2.31. The van der Waals surface area contributed by atoms with E-state index in [4.69, 9.17) is 0 Å². The minimum Gasteiger partial charge on any atom is -0.356 e. The van der Waals surface area contributed by atoms with Gasteiger partial charge < -0.3 is 4.90 Å². The monoisotopic (exact) mass is 282 g/mol. The summed E-state index contributed by atoms with van der Waals surface area (Å²) in [6.07, 6.45) is 7.14. The van der Waals surface area contributed by atoms with E-state index < -0.39 is 0 Å². The highest BCUT2D eigenvalue weighted by molar-refractivity contribution is 9.10. The molecule has 0 radical (unpaired) electrons. The van der Waals surface area contributed by atoms with E-state index in [0.29, 0.717) is 6.04 Å². The molecule has 1 heterocycles. The van der Waals surface area contributed by atoms with Crippen molar-refractivity contribution >= 4 is 21.7 Å². The van der Waals surface area contributed by atoms with Crippen LogP contribution in [0.5, 0.6) is 0 Å². The van der Waals surface area contributed by atoms with Gasteiger partial charge in [0.05, 0.1) is 4.47 Å². The SMILES string of the molecule is CC1CCC(N(C)c2ncccc2Br)CC1. The predicted octanol–water partition coefficient (Wildman–Crippen LogP) is 3.86. The van der Waals surface area contributed by atoms with E-state index in [-0.39, 0.29) is 0 Å². The van der Waals surface area contributed by atoms with E-state index in [9.17, 15) is 0 Å². The summed E-state index contributed by atoms with van der Waals surface area (Å²) in [4.78, 5) is 6.78. The lowest BCUT2D eigenvalue weighted by Crippen LogP contribution is -2.35. The summed E-state index contributed by atoms with van der Waals surface area (Å²) in [6, 6.07) is 4.68. The number of nitrogens with zero attached hydrogens (tertiary/aromatic N) is 2. The van der Waals surface area contributed by atoms with Gasteiger partial charge in [-0.1, -0.05) is 6.92 Å². The largest absolute Gasteiger partial charge is 0.356 e. The third kappa shape index (κ3) is 2.57. The molecule has 0 N–H and O–H groups in total. The second-order valence-corrected chi connectivity index (χ2v) is 5.69. The van der Waals surface area contributed by atoms with Crippen LogP contribution in [0.25, 0.3) is 0 Å². The Hall–Kier alpha value is -0.570. The normalized spacial score (nSPS) is 25.4. The van der Waals surface area contributed by atoms with Gasteiger partial charge in [0.2, 0.25) is 0 Å². The molecule has 0 bridgehead atoms. The van der Waals surface area contributed by atoms with Crippen LogP contribution in [0.1, 0.15) is 32.6 Å². The van der Waals surface area contributed by atoms with Crippen molar-refractivity contribution in [3.05, 3.63) is 22.8 Å². The van der Waals surface area contributed by atoms with Gasteiger partial charge in [-0.05, 0) is 59.7 Å². The van der Waals surface area contributed by atoms with Crippen LogP contribution in [0.3, 0.4) is 0 Å². The van der Waals surface area contributed by atoms with Gasteiger partial charge in [-0.25, -0.2) is 4.98 Å². The summed E-state index contributed by atoms with van der Waals surface area (Å²) in [5.74, 6) is 1.97. The van der Waals surface area contributed by atoms with Crippen LogP contribution in [-0.2, 0) is 0 Å². The van der Waals surface area contributed by atoms with Crippen molar-refractivity contribution in [2.75, 3.05) is 11.9 Å². The number of hydrogen-bond acceptors (Lipinski definition) is 2. The summed E-state index contributed by atoms with van der Waals surface area (Å²) in [7, 11) is 2.16. The van der Waals surface area contributed by atoms with E-state index in [1.54, 1.807) is 0 Å². The number of halogens is 1. The first-order valence-electron chi connectivity index (χ1n) is 6.02. The number of rotatable bonds is 2. The molecule has 1 fully saturated rings. The topological polar surface area (TPSA) is 16.1 Å². The first-order valence-corrected chi connectivity index (χ1v) is 6.81. The van der Waals surface area contributed by atoms with Gasteiger partial charge in [0.15, 0.2) is 0 Å². The van der Waals surface area contributed by atoms with Crippen LogP contribution < -0.4 is 4.90 Å². The first-order chi connectivity index (χ1) is 7.68. The zero-order chi connectivity index (χ0) is 11.5. The van der Waals surface area contributed by atoms with E-state index in [2.05, 4.69) is 45.9 Å². The maximum atomic E-state index is 4.45. The average Bonchev–Trinajstić information content (AvgIpc) is 2.30. The molecule has 16 heavy (non-hydrogen) atoms. The van der Waals surface area contributed by atoms with E-state index in [1.807, 2.05) is 12.3 Å². The fraction of sp³-hybridized carbons (Fsp3) is 0.615. The minimum atomic E-state index is 0.655. The standard InChI is InChI=1S/C13H19BrN2/c1-10-5-7-11(8-6-10)16(2)13-12(14)4-3-9-15-13/h3-4,9-11H,5-8H2,1-2H3. The lowest BCUT2D eigenvalue weighted by molar-refractivity contribution is 0.340. The Kier molecular flexibility index (Phi) is 3.85. The molecule has 0 aliphatic heterocycles.